The van der Waals surface area contributed by atoms with E-state index >= 15 is 0 Å². The van der Waals surface area contributed by atoms with Crippen LogP contribution >= 0.6 is 23.2 Å². The maximum atomic E-state index is 12.9. The van der Waals surface area contributed by atoms with Crippen molar-refractivity contribution in [1.82, 2.24) is 0 Å². The number of hydrogen-bond acceptors (Lipinski definition) is 3. The second-order valence-electron chi connectivity index (χ2n) is 6.07. The second-order valence-corrected chi connectivity index (χ2v) is 7.55. The van der Waals surface area contributed by atoms with Crippen LogP contribution in [0.3, 0.4) is 0 Å². The second kappa shape index (κ2) is 5.14. The smallest absolute Gasteiger partial charge is 0.338 e. The minimum atomic E-state index is -0.998. The van der Waals surface area contributed by atoms with Crippen molar-refractivity contribution in [3.05, 3.63) is 29.3 Å². The van der Waals surface area contributed by atoms with Gasteiger partial charge in [0.15, 0.2) is 0 Å². The van der Waals surface area contributed by atoms with Crippen LogP contribution in [0, 0.1) is 5.41 Å². The van der Waals surface area contributed by atoms with Gasteiger partial charge < -0.3 is 9.64 Å². The summed E-state index contributed by atoms with van der Waals surface area (Å²) in [6.45, 7) is 2.39. The average Bonchev–Trinajstić information content (AvgIpc) is 3.04. The van der Waals surface area contributed by atoms with Crippen molar-refractivity contribution < 1.29 is 14.3 Å². The Bertz CT molecular complexity index is 659. The van der Waals surface area contributed by atoms with Crippen molar-refractivity contribution in [3.8, 4) is 0 Å². The number of alkyl halides is 2. The summed E-state index contributed by atoms with van der Waals surface area (Å²) in [5, 5.41) is 0. The Morgan fingerprint density at radius 1 is 1.32 bits per heavy atom. The molecule has 0 spiro atoms. The summed E-state index contributed by atoms with van der Waals surface area (Å²) in [4.78, 5) is 26.5. The van der Waals surface area contributed by atoms with Gasteiger partial charge in [-0.1, -0.05) is 6.07 Å². The first-order valence-electron chi connectivity index (χ1n) is 7.22. The zero-order valence-electron chi connectivity index (χ0n) is 12.5. The van der Waals surface area contributed by atoms with Gasteiger partial charge in [0.05, 0.1) is 18.1 Å². The number of fused-ring (bicyclic) bond motifs is 1. The van der Waals surface area contributed by atoms with E-state index in [9.17, 15) is 9.59 Å². The highest BCUT2D eigenvalue weighted by atomic mass is 35.5. The number of halogens is 2. The fourth-order valence-electron chi connectivity index (χ4n) is 3.07. The first-order chi connectivity index (χ1) is 10.3. The third-order valence-electron chi connectivity index (χ3n) is 4.63. The largest absolute Gasteiger partial charge is 0.465 e. The number of carbonyl (C=O) groups excluding carboxylic acids is 2. The summed E-state index contributed by atoms with van der Waals surface area (Å²) in [6, 6.07) is 5.35. The van der Waals surface area contributed by atoms with Crippen LogP contribution in [-0.2, 0) is 16.0 Å². The van der Waals surface area contributed by atoms with Crippen LogP contribution in [0.2, 0.25) is 0 Å². The number of benzene rings is 1. The van der Waals surface area contributed by atoms with E-state index in [2.05, 4.69) is 0 Å². The molecule has 2 aliphatic rings. The molecule has 1 aromatic carbocycles. The summed E-state index contributed by atoms with van der Waals surface area (Å²) >= 11 is 12.3. The lowest BCUT2D eigenvalue weighted by Gasteiger charge is -2.32. The average molecular weight is 342 g/mol. The molecule has 3 rings (SSSR count). The minimum Gasteiger partial charge on any atom is -0.465 e. The normalized spacial score (nSPS) is 25.4. The fraction of sp³-hybridized carbons (Fsp3) is 0.500. The molecule has 1 amide bonds. The molecular formula is C16H17Cl2NO3. The van der Waals surface area contributed by atoms with E-state index in [0.717, 1.165) is 24.1 Å². The number of ether oxygens (including phenoxy) is 1. The van der Waals surface area contributed by atoms with Crippen LogP contribution in [0.25, 0.3) is 0 Å². The van der Waals surface area contributed by atoms with Crippen LogP contribution < -0.4 is 4.90 Å². The zero-order chi connectivity index (χ0) is 16.1. The highest BCUT2D eigenvalue weighted by molar-refractivity contribution is 6.53. The monoisotopic (exact) mass is 341 g/mol. The molecule has 1 saturated carbocycles. The SMILES string of the molecule is COC(=O)c1cccc2c1CCCN2C(=O)C1(C)CC1(Cl)Cl. The number of amides is 1. The Morgan fingerprint density at radius 3 is 2.59 bits per heavy atom. The molecule has 0 radical (unpaired) electrons. The van der Waals surface area contributed by atoms with Crippen molar-refractivity contribution in [2.24, 2.45) is 5.41 Å². The maximum absolute atomic E-state index is 12.9. The maximum Gasteiger partial charge on any atom is 0.338 e. The minimum absolute atomic E-state index is 0.0829. The summed E-state index contributed by atoms with van der Waals surface area (Å²) < 4.78 is 3.83. The van der Waals surface area contributed by atoms with Crippen molar-refractivity contribution in [1.29, 1.82) is 0 Å². The molecule has 1 aliphatic heterocycles. The van der Waals surface area contributed by atoms with Crippen LogP contribution in [-0.4, -0.2) is 29.9 Å². The molecule has 1 atom stereocenters. The number of carbonyl (C=O) groups is 2. The van der Waals surface area contributed by atoms with E-state index < -0.39 is 9.75 Å². The number of rotatable bonds is 2. The van der Waals surface area contributed by atoms with Gasteiger partial charge in [-0.05, 0) is 43.9 Å². The fourth-order valence-corrected chi connectivity index (χ4v) is 3.76. The Kier molecular flexibility index (Phi) is 3.65. The van der Waals surface area contributed by atoms with E-state index in [0.29, 0.717) is 18.5 Å². The molecule has 22 heavy (non-hydrogen) atoms. The Morgan fingerprint density at radius 2 is 2.00 bits per heavy atom. The predicted molar refractivity (Wildman–Crippen MR) is 85.6 cm³/mol. The third kappa shape index (κ3) is 2.20. The van der Waals surface area contributed by atoms with E-state index in [1.54, 1.807) is 24.0 Å². The van der Waals surface area contributed by atoms with Crippen LogP contribution in [0.4, 0.5) is 5.69 Å². The lowest BCUT2D eigenvalue weighted by molar-refractivity contribution is -0.123. The molecular weight excluding hydrogens is 325 g/mol. The van der Waals surface area contributed by atoms with Crippen molar-refractivity contribution in [2.45, 2.75) is 30.5 Å². The number of nitrogens with zero attached hydrogens (tertiary/aromatic N) is 1. The van der Waals surface area contributed by atoms with E-state index in [-0.39, 0.29) is 11.9 Å². The quantitative estimate of drug-likeness (QED) is 0.612. The predicted octanol–water partition coefficient (Wildman–Crippen LogP) is 3.34. The Hall–Kier alpha value is -1.26. The molecule has 1 aromatic rings. The summed E-state index contributed by atoms with van der Waals surface area (Å²) in [6.07, 6.45) is 1.98. The molecule has 0 saturated heterocycles. The van der Waals surface area contributed by atoms with Gasteiger partial charge in [-0.3, -0.25) is 4.79 Å². The zero-order valence-corrected chi connectivity index (χ0v) is 14.0. The van der Waals surface area contributed by atoms with Gasteiger partial charge >= 0.3 is 5.97 Å². The molecule has 1 heterocycles. The highest BCUT2D eigenvalue weighted by Gasteiger charge is 2.69. The van der Waals surface area contributed by atoms with Gasteiger partial charge in [-0.2, -0.15) is 0 Å². The lowest BCUT2D eigenvalue weighted by Crippen LogP contribution is -2.41. The van der Waals surface area contributed by atoms with Gasteiger partial charge in [-0.15, -0.1) is 23.2 Å². The standard InChI is InChI=1S/C16H17Cl2NO3/c1-15(9-16(15,17)18)14(21)19-8-4-6-10-11(13(20)22-2)5-3-7-12(10)19/h3,5,7H,4,6,8-9H2,1-2H3. The van der Waals surface area contributed by atoms with Gasteiger partial charge in [0.1, 0.15) is 4.33 Å². The van der Waals surface area contributed by atoms with Crippen LogP contribution in [0.1, 0.15) is 35.7 Å². The van der Waals surface area contributed by atoms with Crippen molar-refractivity contribution in [3.63, 3.8) is 0 Å². The number of esters is 1. The van der Waals surface area contributed by atoms with Gasteiger partial charge in [0.2, 0.25) is 5.91 Å². The van der Waals surface area contributed by atoms with Gasteiger partial charge in [0.25, 0.3) is 0 Å². The Balaban J connectivity index is 1.99. The molecule has 0 N–H and O–H groups in total. The van der Waals surface area contributed by atoms with E-state index in [4.69, 9.17) is 27.9 Å². The molecule has 1 aliphatic carbocycles. The highest BCUT2D eigenvalue weighted by Crippen LogP contribution is 2.64. The van der Waals surface area contributed by atoms with Gasteiger partial charge in [-0.25, -0.2) is 4.79 Å². The molecule has 1 fully saturated rings. The lowest BCUT2D eigenvalue weighted by atomic mass is 9.94. The topological polar surface area (TPSA) is 46.6 Å². The number of anilines is 1. The third-order valence-corrected chi connectivity index (χ3v) is 5.73. The van der Waals surface area contributed by atoms with Crippen molar-refractivity contribution >= 4 is 40.8 Å². The summed E-state index contributed by atoms with van der Waals surface area (Å²) in [5.74, 6) is -0.465. The van der Waals surface area contributed by atoms with Crippen LogP contribution in [0.5, 0.6) is 0 Å². The number of hydrogen-bond donors (Lipinski definition) is 0. The summed E-state index contributed by atoms with van der Waals surface area (Å²) in [7, 11) is 1.36. The van der Waals surface area contributed by atoms with Crippen molar-refractivity contribution in [2.75, 3.05) is 18.6 Å². The van der Waals surface area contributed by atoms with Crippen LogP contribution in [0.15, 0.2) is 18.2 Å². The molecule has 118 valence electrons. The molecule has 4 nitrogen and oxygen atoms in total. The van der Waals surface area contributed by atoms with E-state index in [1.165, 1.54) is 7.11 Å². The van der Waals surface area contributed by atoms with E-state index in [1.807, 2.05) is 6.07 Å². The molecule has 0 aromatic heterocycles. The Labute approximate surface area is 139 Å². The molecule has 0 bridgehead atoms. The van der Waals surface area contributed by atoms with Gasteiger partial charge in [0, 0.05) is 12.2 Å². The molecule has 6 heteroatoms. The number of methoxy groups -OCH3 is 1. The first-order valence-corrected chi connectivity index (χ1v) is 7.97. The molecule has 1 unspecified atom stereocenters. The first kappa shape index (κ1) is 15.6. The summed E-state index contributed by atoms with van der Waals surface area (Å²) in [5.41, 5.74) is 1.37.